The van der Waals surface area contributed by atoms with Crippen molar-refractivity contribution < 1.29 is 14.3 Å². The van der Waals surface area contributed by atoms with Crippen molar-refractivity contribution >= 4 is 5.91 Å². The van der Waals surface area contributed by atoms with E-state index < -0.39 is 17.1 Å². The van der Waals surface area contributed by atoms with E-state index in [1.165, 1.54) is 0 Å². The summed E-state index contributed by atoms with van der Waals surface area (Å²) in [4.78, 5) is 23.6. The zero-order valence-corrected chi connectivity index (χ0v) is 13.7. The van der Waals surface area contributed by atoms with Crippen LogP contribution in [-0.4, -0.2) is 11.0 Å². The fraction of sp³-hybridized carbons (Fsp3) is 0.143. The molecule has 2 N–H and O–H groups in total. The molecule has 26 heavy (non-hydrogen) atoms. The first-order chi connectivity index (χ1) is 12.0. The van der Waals surface area contributed by atoms with E-state index in [2.05, 4.69) is 5.32 Å². The highest BCUT2D eigenvalue weighted by atomic mass is 16.4. The number of rotatable bonds is 4. The molecule has 134 valence electrons. The lowest BCUT2D eigenvalue weighted by Gasteiger charge is -2.08. The number of aromatic hydroxyl groups is 1. The van der Waals surface area contributed by atoms with Gasteiger partial charge in [-0.1, -0.05) is 62.0 Å². The van der Waals surface area contributed by atoms with Gasteiger partial charge in [-0.3, -0.25) is 9.59 Å². The Morgan fingerprint density at radius 1 is 1.04 bits per heavy atom. The zero-order valence-electron chi connectivity index (χ0n) is 13.7. The quantitative estimate of drug-likeness (QED) is 0.747. The van der Waals surface area contributed by atoms with Gasteiger partial charge in [0.2, 0.25) is 16.9 Å². The number of amides is 1. The van der Waals surface area contributed by atoms with Crippen LogP contribution in [0.25, 0.3) is 11.1 Å². The van der Waals surface area contributed by atoms with E-state index in [-0.39, 0.29) is 25.5 Å². The molecule has 3 aromatic rings. The maximum Gasteiger partial charge on any atom is 0.291 e. The van der Waals surface area contributed by atoms with E-state index in [9.17, 15) is 14.7 Å². The molecular formula is C21H21NO4. The van der Waals surface area contributed by atoms with Crippen LogP contribution in [0, 0.1) is 6.92 Å². The van der Waals surface area contributed by atoms with Crippen LogP contribution in [0.15, 0.2) is 69.9 Å². The minimum absolute atomic E-state index is 0. The van der Waals surface area contributed by atoms with Crippen molar-refractivity contribution in [2.45, 2.75) is 20.9 Å². The molecule has 0 aliphatic carbocycles. The zero-order chi connectivity index (χ0) is 17.8. The second-order valence-corrected chi connectivity index (χ2v) is 5.64. The smallest absolute Gasteiger partial charge is 0.291 e. The minimum Gasteiger partial charge on any atom is -0.501 e. The lowest BCUT2D eigenvalue weighted by molar-refractivity contribution is 0.0913. The van der Waals surface area contributed by atoms with E-state index in [1.807, 2.05) is 54.6 Å². The largest absolute Gasteiger partial charge is 0.501 e. The highest BCUT2D eigenvalue weighted by Gasteiger charge is 2.17. The van der Waals surface area contributed by atoms with Crippen molar-refractivity contribution in [2.75, 3.05) is 0 Å². The molecule has 0 saturated carbocycles. The molecular weight excluding hydrogens is 330 g/mol. The number of carbonyl (C=O) groups is 1. The number of benzene rings is 2. The molecule has 2 aromatic carbocycles. The Morgan fingerprint density at radius 2 is 1.65 bits per heavy atom. The molecule has 0 aliphatic rings. The van der Waals surface area contributed by atoms with Crippen LogP contribution >= 0.6 is 0 Å². The van der Waals surface area contributed by atoms with Crippen molar-refractivity contribution in [1.29, 1.82) is 0 Å². The van der Waals surface area contributed by atoms with Crippen molar-refractivity contribution in [3.63, 3.8) is 0 Å². The summed E-state index contributed by atoms with van der Waals surface area (Å²) in [6.45, 7) is 1.80. The first kappa shape index (κ1) is 19.0. The maximum atomic E-state index is 12.1. The Balaban J connectivity index is 0.00000243. The number of carbonyl (C=O) groups excluding carboxylic acids is 1. The Labute approximate surface area is 151 Å². The van der Waals surface area contributed by atoms with E-state index in [1.54, 1.807) is 6.92 Å². The van der Waals surface area contributed by atoms with E-state index in [0.29, 0.717) is 0 Å². The van der Waals surface area contributed by atoms with Gasteiger partial charge in [-0.15, -0.1) is 0 Å². The van der Waals surface area contributed by atoms with Crippen LogP contribution in [0.1, 0.15) is 29.3 Å². The average molecular weight is 351 g/mol. The summed E-state index contributed by atoms with van der Waals surface area (Å²) >= 11 is 0. The summed E-state index contributed by atoms with van der Waals surface area (Å²) in [6, 6.07) is 18.9. The highest BCUT2D eigenvalue weighted by molar-refractivity contribution is 5.93. The second kappa shape index (κ2) is 8.16. The first-order valence-electron chi connectivity index (χ1n) is 7.81. The predicted octanol–water partition coefficient (Wildman–Crippen LogP) is 3.89. The average Bonchev–Trinajstić information content (AvgIpc) is 2.64. The molecule has 1 aromatic heterocycles. The van der Waals surface area contributed by atoms with Gasteiger partial charge in [0, 0.05) is 12.6 Å². The van der Waals surface area contributed by atoms with E-state index in [4.69, 9.17) is 4.42 Å². The molecule has 0 saturated heterocycles. The molecule has 3 rings (SSSR count). The Bertz CT molecular complexity index is 944. The van der Waals surface area contributed by atoms with Gasteiger partial charge in [0.1, 0.15) is 5.76 Å². The second-order valence-electron chi connectivity index (χ2n) is 5.64. The summed E-state index contributed by atoms with van der Waals surface area (Å²) in [5.74, 6) is -1.42. The van der Waals surface area contributed by atoms with Crippen LogP contribution in [0.2, 0.25) is 0 Å². The number of hydrogen-bond donors (Lipinski definition) is 2. The van der Waals surface area contributed by atoms with Crippen molar-refractivity contribution in [3.8, 4) is 16.9 Å². The summed E-state index contributed by atoms with van der Waals surface area (Å²) < 4.78 is 5.15. The van der Waals surface area contributed by atoms with Gasteiger partial charge >= 0.3 is 0 Å². The molecule has 0 aliphatic heterocycles. The topological polar surface area (TPSA) is 79.5 Å². The van der Waals surface area contributed by atoms with Crippen LogP contribution in [0.5, 0.6) is 5.75 Å². The van der Waals surface area contributed by atoms with Crippen molar-refractivity contribution in [1.82, 2.24) is 5.32 Å². The third-order valence-electron chi connectivity index (χ3n) is 3.77. The predicted molar refractivity (Wildman–Crippen MR) is 101 cm³/mol. The molecule has 0 radical (unpaired) electrons. The molecule has 0 unspecified atom stereocenters. The fourth-order valence-corrected chi connectivity index (χ4v) is 2.47. The Morgan fingerprint density at radius 3 is 2.31 bits per heavy atom. The standard InChI is InChI=1S/C20H17NO4.CH4/c1-13-11-17(22)18(23)19(25-13)20(24)21-12-14-7-9-16(10-8-14)15-5-3-2-4-6-15;/h2-11,23H,12H2,1H3,(H,21,24);1H4. The van der Waals surface area contributed by atoms with Gasteiger partial charge in [0.05, 0.1) is 0 Å². The molecule has 1 heterocycles. The molecule has 5 nitrogen and oxygen atoms in total. The normalized spacial score (nSPS) is 10.0. The lowest BCUT2D eigenvalue weighted by atomic mass is 10.0. The SMILES string of the molecule is C.Cc1cc(=O)c(O)c(C(=O)NCc2ccc(-c3ccccc3)cc2)o1. The number of aryl methyl sites for hydroxylation is 1. The number of nitrogens with one attached hydrogen (secondary N) is 1. The van der Waals surface area contributed by atoms with Crippen LogP contribution < -0.4 is 10.7 Å². The third kappa shape index (κ3) is 4.19. The Kier molecular flexibility index (Phi) is 5.96. The monoisotopic (exact) mass is 351 g/mol. The first-order valence-corrected chi connectivity index (χ1v) is 7.81. The van der Waals surface area contributed by atoms with Crippen molar-refractivity contribution in [3.05, 3.63) is 88.0 Å². The summed E-state index contributed by atoms with van der Waals surface area (Å²) in [5, 5.41) is 12.3. The fourth-order valence-electron chi connectivity index (χ4n) is 2.47. The van der Waals surface area contributed by atoms with E-state index in [0.717, 1.165) is 22.8 Å². The molecule has 0 atom stereocenters. The summed E-state index contributed by atoms with van der Waals surface area (Å²) in [6.07, 6.45) is 0. The molecule has 0 fully saturated rings. The minimum atomic E-state index is -0.678. The van der Waals surface area contributed by atoms with Gasteiger partial charge in [-0.25, -0.2) is 0 Å². The third-order valence-corrected chi connectivity index (χ3v) is 3.77. The highest BCUT2D eigenvalue weighted by Crippen LogP contribution is 2.19. The lowest BCUT2D eigenvalue weighted by Crippen LogP contribution is -2.24. The molecule has 1 amide bonds. The van der Waals surface area contributed by atoms with Gasteiger partial charge in [0.15, 0.2) is 0 Å². The van der Waals surface area contributed by atoms with Gasteiger partial charge in [0.25, 0.3) is 5.91 Å². The maximum absolute atomic E-state index is 12.1. The van der Waals surface area contributed by atoms with Gasteiger partial charge in [-0.05, 0) is 23.6 Å². The van der Waals surface area contributed by atoms with Gasteiger partial charge < -0.3 is 14.8 Å². The van der Waals surface area contributed by atoms with Gasteiger partial charge in [-0.2, -0.15) is 0 Å². The number of hydrogen-bond acceptors (Lipinski definition) is 4. The van der Waals surface area contributed by atoms with Crippen LogP contribution in [-0.2, 0) is 6.54 Å². The van der Waals surface area contributed by atoms with Crippen LogP contribution in [0.4, 0.5) is 0 Å². The molecule has 0 spiro atoms. The summed E-state index contributed by atoms with van der Waals surface area (Å²) in [7, 11) is 0. The molecule has 0 bridgehead atoms. The summed E-state index contributed by atoms with van der Waals surface area (Å²) in [5.41, 5.74) is 2.45. The van der Waals surface area contributed by atoms with E-state index >= 15 is 0 Å². The Hall–Kier alpha value is -3.34. The molecule has 5 heteroatoms. The van der Waals surface area contributed by atoms with Crippen LogP contribution in [0.3, 0.4) is 0 Å². The van der Waals surface area contributed by atoms with Crippen molar-refractivity contribution in [2.24, 2.45) is 0 Å².